The van der Waals surface area contributed by atoms with Crippen LogP contribution < -0.4 is 4.90 Å². The van der Waals surface area contributed by atoms with E-state index in [-0.39, 0.29) is 5.82 Å². The Hall–Kier alpha value is -1.88. The Balaban J connectivity index is 1.87. The topological polar surface area (TPSA) is 22.6 Å². The predicted octanol–water partition coefficient (Wildman–Crippen LogP) is 2.61. The van der Waals surface area contributed by atoms with E-state index in [1.165, 1.54) is 5.57 Å². The van der Waals surface area contributed by atoms with Gasteiger partial charge in [0.05, 0.1) is 11.4 Å². The molecular weight excluding hydrogens is 291 g/mol. The van der Waals surface area contributed by atoms with Crippen molar-refractivity contribution < 1.29 is 4.39 Å². The molecule has 3 aliphatic rings. The van der Waals surface area contributed by atoms with Crippen molar-refractivity contribution in [1.82, 2.24) is 14.8 Å². The monoisotopic (exact) mass is 314 g/mol. The van der Waals surface area contributed by atoms with Crippen molar-refractivity contribution in [3.05, 3.63) is 41.0 Å². The lowest BCUT2D eigenvalue weighted by atomic mass is 9.98. The number of aromatic nitrogens is 1. The highest BCUT2D eigenvalue weighted by Gasteiger charge is 2.42. The van der Waals surface area contributed by atoms with Gasteiger partial charge in [0.2, 0.25) is 0 Å². The molecule has 5 heteroatoms. The summed E-state index contributed by atoms with van der Waals surface area (Å²) < 4.78 is 14.2. The van der Waals surface area contributed by atoms with Crippen LogP contribution in [0.1, 0.15) is 24.6 Å². The predicted molar refractivity (Wildman–Crippen MR) is 90.6 cm³/mol. The maximum absolute atomic E-state index is 14.2. The Bertz CT molecular complexity index is 739. The van der Waals surface area contributed by atoms with Gasteiger partial charge in [-0.1, -0.05) is 6.58 Å². The van der Waals surface area contributed by atoms with Crippen molar-refractivity contribution in [2.75, 3.05) is 32.1 Å². The van der Waals surface area contributed by atoms with Crippen molar-refractivity contribution in [3.63, 3.8) is 0 Å². The number of aryl methyl sites for hydroxylation is 1. The number of rotatable bonds is 0. The van der Waals surface area contributed by atoms with Gasteiger partial charge in [-0.15, -0.1) is 0 Å². The van der Waals surface area contributed by atoms with E-state index in [4.69, 9.17) is 0 Å². The van der Waals surface area contributed by atoms with Gasteiger partial charge in [0.25, 0.3) is 0 Å². The number of allylic oxidation sites excluding steroid dienone is 1. The SMILES string of the molecule is C=C1C2=C(c3cc(F)c(C)nc3N1C)N1CC(C)N(C)CC1C2. The number of anilines is 1. The average Bonchev–Trinajstić information content (AvgIpc) is 2.86. The van der Waals surface area contributed by atoms with E-state index in [1.807, 2.05) is 11.9 Å². The van der Waals surface area contributed by atoms with Crippen LogP contribution in [0.15, 0.2) is 23.9 Å². The van der Waals surface area contributed by atoms with Gasteiger partial charge < -0.3 is 9.80 Å². The quantitative estimate of drug-likeness (QED) is 0.734. The molecule has 2 unspecified atom stereocenters. The molecule has 0 saturated carbocycles. The molecule has 0 N–H and O–H groups in total. The third-order valence-electron chi connectivity index (χ3n) is 5.62. The largest absolute Gasteiger partial charge is 0.364 e. The molecule has 3 aliphatic heterocycles. The average molecular weight is 314 g/mol. The molecule has 0 radical (unpaired) electrons. The molecule has 1 aromatic heterocycles. The van der Waals surface area contributed by atoms with Gasteiger partial charge in [-0.3, -0.25) is 4.90 Å². The molecule has 122 valence electrons. The zero-order valence-corrected chi connectivity index (χ0v) is 14.2. The standard InChI is InChI=1S/C18H23FN4/c1-10-8-23-13(9-21(10)4)6-14-12(3)22(5)18-15(17(14)23)7-16(19)11(2)20-18/h7,10,13H,3,6,8-9H2,1-2,4-5H3. The molecule has 2 atom stereocenters. The highest BCUT2D eigenvalue weighted by molar-refractivity contribution is 5.86. The van der Waals surface area contributed by atoms with Crippen molar-refractivity contribution >= 4 is 11.5 Å². The van der Waals surface area contributed by atoms with Gasteiger partial charge in [0, 0.05) is 49.1 Å². The molecule has 4 heterocycles. The summed E-state index contributed by atoms with van der Waals surface area (Å²) in [5, 5.41) is 0. The number of hydrogen-bond acceptors (Lipinski definition) is 4. The van der Waals surface area contributed by atoms with E-state index < -0.39 is 0 Å². The number of hydrogen-bond donors (Lipinski definition) is 0. The third kappa shape index (κ3) is 1.96. The summed E-state index contributed by atoms with van der Waals surface area (Å²) >= 11 is 0. The lowest BCUT2D eigenvalue weighted by Gasteiger charge is -2.43. The van der Waals surface area contributed by atoms with Crippen LogP contribution in [0.2, 0.25) is 0 Å². The molecular formula is C18H23FN4. The van der Waals surface area contributed by atoms with Crippen molar-refractivity contribution in [3.8, 4) is 0 Å². The van der Waals surface area contributed by atoms with E-state index in [2.05, 4.69) is 35.3 Å². The van der Waals surface area contributed by atoms with Gasteiger partial charge in [0.1, 0.15) is 11.6 Å². The highest BCUT2D eigenvalue weighted by atomic mass is 19.1. The number of halogens is 1. The first-order valence-corrected chi connectivity index (χ1v) is 8.19. The van der Waals surface area contributed by atoms with Crippen molar-refractivity contribution in [2.45, 2.75) is 32.4 Å². The molecule has 0 amide bonds. The van der Waals surface area contributed by atoms with Gasteiger partial charge in [-0.2, -0.15) is 0 Å². The molecule has 1 aromatic rings. The van der Waals surface area contributed by atoms with E-state index in [1.54, 1.807) is 13.0 Å². The molecule has 0 bridgehead atoms. The van der Waals surface area contributed by atoms with Crippen LogP contribution >= 0.6 is 0 Å². The Morgan fingerprint density at radius 1 is 1.30 bits per heavy atom. The Morgan fingerprint density at radius 2 is 2.04 bits per heavy atom. The Labute approximate surface area is 136 Å². The number of nitrogens with zero attached hydrogens (tertiary/aromatic N) is 4. The molecule has 1 saturated heterocycles. The van der Waals surface area contributed by atoms with Crippen LogP contribution in [0.5, 0.6) is 0 Å². The second-order valence-electron chi connectivity index (χ2n) is 7.06. The lowest BCUT2D eigenvalue weighted by molar-refractivity contribution is 0.104. The minimum atomic E-state index is -0.234. The summed E-state index contributed by atoms with van der Waals surface area (Å²) in [6.07, 6.45) is 0.977. The van der Waals surface area contributed by atoms with E-state index in [0.717, 1.165) is 42.3 Å². The smallest absolute Gasteiger partial charge is 0.145 e. The summed E-state index contributed by atoms with van der Waals surface area (Å²) in [7, 11) is 4.15. The normalized spacial score (nSPS) is 27.3. The number of fused-ring (bicyclic) bond motifs is 4. The third-order valence-corrected chi connectivity index (χ3v) is 5.62. The van der Waals surface area contributed by atoms with Gasteiger partial charge in [-0.05, 0) is 33.4 Å². The first kappa shape index (κ1) is 14.7. The van der Waals surface area contributed by atoms with E-state index in [0.29, 0.717) is 17.8 Å². The van der Waals surface area contributed by atoms with Crippen LogP contribution in [-0.4, -0.2) is 54.1 Å². The maximum Gasteiger partial charge on any atom is 0.145 e. The van der Waals surface area contributed by atoms with Crippen LogP contribution in [-0.2, 0) is 0 Å². The van der Waals surface area contributed by atoms with E-state index >= 15 is 0 Å². The summed E-state index contributed by atoms with van der Waals surface area (Å²) in [4.78, 5) is 11.4. The van der Waals surface area contributed by atoms with Crippen LogP contribution in [0.4, 0.5) is 10.2 Å². The highest BCUT2D eigenvalue weighted by Crippen LogP contribution is 2.47. The Morgan fingerprint density at radius 3 is 2.78 bits per heavy atom. The molecule has 0 spiro atoms. The lowest BCUT2D eigenvalue weighted by Crippen LogP contribution is -2.53. The first-order chi connectivity index (χ1) is 10.9. The van der Waals surface area contributed by atoms with E-state index in [9.17, 15) is 4.39 Å². The fourth-order valence-electron chi connectivity index (χ4n) is 4.04. The molecule has 0 aliphatic carbocycles. The van der Waals surface area contributed by atoms with Crippen molar-refractivity contribution in [2.24, 2.45) is 0 Å². The summed E-state index contributed by atoms with van der Waals surface area (Å²) in [5.74, 6) is 0.585. The Kier molecular flexibility index (Phi) is 3.07. The zero-order valence-electron chi connectivity index (χ0n) is 14.2. The van der Waals surface area contributed by atoms with Crippen LogP contribution in [0, 0.1) is 12.7 Å². The molecule has 23 heavy (non-hydrogen) atoms. The molecule has 1 fully saturated rings. The summed E-state index contributed by atoms with van der Waals surface area (Å²) in [5.41, 5.74) is 4.75. The second-order valence-corrected chi connectivity index (χ2v) is 7.06. The first-order valence-electron chi connectivity index (χ1n) is 8.19. The number of pyridine rings is 1. The van der Waals surface area contributed by atoms with Gasteiger partial charge >= 0.3 is 0 Å². The minimum Gasteiger partial charge on any atom is -0.364 e. The summed E-state index contributed by atoms with van der Waals surface area (Å²) in [6.45, 7) is 10.2. The minimum absolute atomic E-state index is 0.234. The maximum atomic E-state index is 14.2. The fourth-order valence-corrected chi connectivity index (χ4v) is 4.04. The van der Waals surface area contributed by atoms with Crippen LogP contribution in [0.3, 0.4) is 0 Å². The fraction of sp³-hybridized carbons (Fsp3) is 0.500. The summed E-state index contributed by atoms with van der Waals surface area (Å²) in [6, 6.07) is 2.58. The van der Waals surface area contributed by atoms with Crippen molar-refractivity contribution in [1.29, 1.82) is 0 Å². The molecule has 4 rings (SSSR count). The number of piperazine rings is 1. The van der Waals surface area contributed by atoms with Crippen LogP contribution in [0.25, 0.3) is 5.70 Å². The molecule has 4 nitrogen and oxygen atoms in total. The zero-order chi connectivity index (χ0) is 16.5. The number of likely N-dealkylation sites (N-methyl/N-ethyl adjacent to an activating group) is 2. The van der Waals surface area contributed by atoms with Gasteiger partial charge in [-0.25, -0.2) is 9.37 Å². The van der Waals surface area contributed by atoms with Gasteiger partial charge in [0.15, 0.2) is 0 Å². The molecule has 0 aromatic carbocycles. The second kappa shape index (κ2) is 4.81.